The van der Waals surface area contributed by atoms with Crippen LogP contribution in [-0.4, -0.2) is 25.9 Å². The van der Waals surface area contributed by atoms with Crippen LogP contribution in [-0.2, 0) is 11.3 Å². The summed E-state index contributed by atoms with van der Waals surface area (Å²) in [5.41, 5.74) is 1.03. The Morgan fingerprint density at radius 3 is 2.76 bits per heavy atom. The molecule has 98 valence electrons. The van der Waals surface area contributed by atoms with Crippen LogP contribution in [0.2, 0.25) is 0 Å². The van der Waals surface area contributed by atoms with Crippen LogP contribution in [0.3, 0.4) is 0 Å². The van der Waals surface area contributed by atoms with Gasteiger partial charge >= 0.3 is 6.18 Å². The van der Waals surface area contributed by atoms with Crippen LogP contribution in [0.15, 0.2) is 23.0 Å². The Kier molecular flexibility index (Phi) is 6.07. The Balaban J connectivity index is 1.85. The molecule has 0 saturated carbocycles. The average molecular weight is 251 g/mol. The third-order valence-corrected chi connectivity index (χ3v) is 2.08. The van der Waals surface area contributed by atoms with Gasteiger partial charge in [0.05, 0.1) is 19.1 Å². The van der Waals surface area contributed by atoms with Gasteiger partial charge in [-0.2, -0.15) is 13.2 Å². The highest BCUT2D eigenvalue weighted by Gasteiger charge is 2.25. The van der Waals surface area contributed by atoms with Crippen molar-refractivity contribution >= 4 is 0 Å². The van der Waals surface area contributed by atoms with Crippen LogP contribution in [0.5, 0.6) is 0 Å². The Morgan fingerprint density at radius 1 is 1.29 bits per heavy atom. The third kappa shape index (κ3) is 7.82. The summed E-state index contributed by atoms with van der Waals surface area (Å²) in [6.07, 6.45) is -1.62. The molecule has 1 aromatic heterocycles. The largest absolute Gasteiger partial charge is 0.472 e. The maximum atomic E-state index is 11.8. The van der Waals surface area contributed by atoms with Crippen molar-refractivity contribution in [3.8, 4) is 0 Å². The number of hydrogen-bond acceptors (Lipinski definition) is 3. The van der Waals surface area contributed by atoms with Crippen molar-refractivity contribution in [2.24, 2.45) is 0 Å². The minimum absolute atomic E-state index is 0.0191. The Labute approximate surface area is 97.9 Å². The van der Waals surface area contributed by atoms with Gasteiger partial charge in [0.25, 0.3) is 0 Å². The fraction of sp³-hybridized carbons (Fsp3) is 0.636. The van der Waals surface area contributed by atoms with Crippen molar-refractivity contribution in [3.05, 3.63) is 24.2 Å². The SMILES string of the molecule is FC(F)(F)CCCOCCNCc1ccoc1. The van der Waals surface area contributed by atoms with Crippen LogP contribution >= 0.6 is 0 Å². The number of halogens is 3. The highest BCUT2D eigenvalue weighted by Crippen LogP contribution is 2.20. The van der Waals surface area contributed by atoms with E-state index in [1.807, 2.05) is 6.07 Å². The number of alkyl halides is 3. The van der Waals surface area contributed by atoms with Gasteiger partial charge in [-0.25, -0.2) is 0 Å². The van der Waals surface area contributed by atoms with E-state index in [-0.39, 0.29) is 13.0 Å². The molecule has 3 nitrogen and oxygen atoms in total. The number of ether oxygens (including phenoxy) is 1. The van der Waals surface area contributed by atoms with Crippen LogP contribution in [0.25, 0.3) is 0 Å². The molecule has 0 aliphatic rings. The molecule has 0 aromatic carbocycles. The summed E-state index contributed by atoms with van der Waals surface area (Å²) in [7, 11) is 0. The standard InChI is InChI=1S/C11H16F3NO2/c12-11(13,14)3-1-5-16-7-4-15-8-10-2-6-17-9-10/h2,6,9,15H,1,3-5,7-8H2. The van der Waals surface area contributed by atoms with Gasteiger partial charge in [0.15, 0.2) is 0 Å². The molecule has 0 radical (unpaired) electrons. The number of rotatable bonds is 8. The van der Waals surface area contributed by atoms with Gasteiger partial charge < -0.3 is 14.5 Å². The molecule has 0 saturated heterocycles. The topological polar surface area (TPSA) is 34.4 Å². The minimum Gasteiger partial charge on any atom is -0.472 e. The molecule has 0 aliphatic heterocycles. The first kappa shape index (κ1) is 14.1. The Hall–Kier alpha value is -1.01. The molecule has 0 spiro atoms. The van der Waals surface area contributed by atoms with Crippen LogP contribution < -0.4 is 5.32 Å². The molecule has 1 rings (SSSR count). The zero-order valence-corrected chi connectivity index (χ0v) is 9.43. The molecule has 1 aromatic rings. The van der Waals surface area contributed by atoms with E-state index >= 15 is 0 Å². The zero-order valence-electron chi connectivity index (χ0n) is 9.43. The second kappa shape index (κ2) is 7.34. The summed E-state index contributed by atoms with van der Waals surface area (Å²) in [5.74, 6) is 0. The predicted molar refractivity (Wildman–Crippen MR) is 56.5 cm³/mol. The van der Waals surface area contributed by atoms with Gasteiger partial charge in [0, 0.05) is 31.7 Å². The fourth-order valence-electron chi connectivity index (χ4n) is 1.25. The molecular formula is C11H16F3NO2. The van der Waals surface area contributed by atoms with E-state index in [1.54, 1.807) is 12.5 Å². The van der Waals surface area contributed by atoms with Crippen molar-refractivity contribution in [1.82, 2.24) is 5.32 Å². The first-order valence-corrected chi connectivity index (χ1v) is 5.44. The van der Waals surface area contributed by atoms with E-state index in [0.717, 1.165) is 5.56 Å². The smallest absolute Gasteiger partial charge is 0.389 e. The van der Waals surface area contributed by atoms with Crippen molar-refractivity contribution < 1.29 is 22.3 Å². The molecular weight excluding hydrogens is 235 g/mol. The summed E-state index contributed by atoms with van der Waals surface area (Å²) in [6, 6.07) is 1.84. The molecule has 1 N–H and O–H groups in total. The third-order valence-electron chi connectivity index (χ3n) is 2.08. The highest BCUT2D eigenvalue weighted by atomic mass is 19.4. The quantitative estimate of drug-likeness (QED) is 0.721. The molecule has 17 heavy (non-hydrogen) atoms. The normalized spacial score (nSPS) is 11.9. The predicted octanol–water partition coefficient (Wildman–Crippen LogP) is 2.73. The highest BCUT2D eigenvalue weighted by molar-refractivity contribution is 5.04. The van der Waals surface area contributed by atoms with Crippen LogP contribution in [0, 0.1) is 0 Å². The second-order valence-electron chi connectivity index (χ2n) is 3.64. The van der Waals surface area contributed by atoms with Crippen LogP contribution in [0.4, 0.5) is 13.2 Å². The van der Waals surface area contributed by atoms with Crippen molar-refractivity contribution in [3.63, 3.8) is 0 Å². The van der Waals surface area contributed by atoms with E-state index in [4.69, 9.17) is 9.15 Å². The maximum absolute atomic E-state index is 11.8. The number of nitrogens with one attached hydrogen (secondary N) is 1. The lowest BCUT2D eigenvalue weighted by Crippen LogP contribution is -2.19. The van der Waals surface area contributed by atoms with Gasteiger partial charge in [-0.05, 0) is 12.5 Å². The fourth-order valence-corrected chi connectivity index (χ4v) is 1.25. The number of hydrogen-bond donors (Lipinski definition) is 1. The summed E-state index contributed by atoms with van der Waals surface area (Å²) in [5, 5.41) is 3.09. The summed E-state index contributed by atoms with van der Waals surface area (Å²) < 4.78 is 45.2. The van der Waals surface area contributed by atoms with Gasteiger partial charge in [-0.15, -0.1) is 0 Å². The van der Waals surface area contributed by atoms with Crippen molar-refractivity contribution in [1.29, 1.82) is 0 Å². The Bertz CT molecular complexity index is 285. The van der Waals surface area contributed by atoms with Gasteiger partial charge in [0.1, 0.15) is 0 Å². The number of furan rings is 1. The molecule has 6 heteroatoms. The zero-order chi connectivity index (χ0) is 12.6. The van der Waals surface area contributed by atoms with Gasteiger partial charge in [-0.1, -0.05) is 0 Å². The van der Waals surface area contributed by atoms with E-state index in [0.29, 0.717) is 19.7 Å². The monoisotopic (exact) mass is 251 g/mol. The van der Waals surface area contributed by atoms with E-state index in [2.05, 4.69) is 5.32 Å². The molecule has 0 bridgehead atoms. The van der Waals surface area contributed by atoms with Gasteiger partial charge in [0.2, 0.25) is 0 Å². The maximum Gasteiger partial charge on any atom is 0.389 e. The molecule has 0 unspecified atom stereocenters. The van der Waals surface area contributed by atoms with E-state index < -0.39 is 12.6 Å². The second-order valence-corrected chi connectivity index (χ2v) is 3.64. The lowest BCUT2D eigenvalue weighted by molar-refractivity contribution is -0.137. The first-order valence-electron chi connectivity index (χ1n) is 5.44. The Morgan fingerprint density at radius 2 is 2.12 bits per heavy atom. The lowest BCUT2D eigenvalue weighted by Gasteiger charge is -2.07. The van der Waals surface area contributed by atoms with Crippen LogP contribution in [0.1, 0.15) is 18.4 Å². The molecule has 0 fully saturated rings. The van der Waals surface area contributed by atoms with E-state index in [9.17, 15) is 13.2 Å². The summed E-state index contributed by atoms with van der Waals surface area (Å²) in [4.78, 5) is 0. The summed E-state index contributed by atoms with van der Waals surface area (Å²) in [6.45, 7) is 1.84. The van der Waals surface area contributed by atoms with Crippen molar-refractivity contribution in [2.45, 2.75) is 25.6 Å². The minimum atomic E-state index is -4.08. The van der Waals surface area contributed by atoms with Gasteiger partial charge in [-0.3, -0.25) is 0 Å². The first-order chi connectivity index (χ1) is 8.08. The molecule has 0 amide bonds. The van der Waals surface area contributed by atoms with Crippen molar-refractivity contribution in [2.75, 3.05) is 19.8 Å². The van der Waals surface area contributed by atoms with E-state index in [1.165, 1.54) is 0 Å². The summed E-state index contributed by atoms with van der Waals surface area (Å²) >= 11 is 0. The molecule has 1 heterocycles. The molecule has 0 aliphatic carbocycles. The average Bonchev–Trinajstić information content (AvgIpc) is 2.73. The molecule has 0 atom stereocenters. The lowest BCUT2D eigenvalue weighted by atomic mass is 10.3.